The van der Waals surface area contributed by atoms with E-state index in [1.165, 1.54) is 45.6 Å². The first-order valence-corrected chi connectivity index (χ1v) is 28.8. The van der Waals surface area contributed by atoms with Crippen LogP contribution in [0.25, 0.3) is 10.8 Å². The lowest BCUT2D eigenvalue weighted by molar-refractivity contribution is -0.256. The number of allylic oxidation sites excluding steroid dienone is 1. The number of unbranched alkanes of at least 4 members (excludes halogenated alkanes) is 11. The highest BCUT2D eigenvalue weighted by Gasteiger charge is 2.66. The topological polar surface area (TPSA) is 167 Å². The highest BCUT2D eigenvalue weighted by atomic mass is 16.7. The van der Waals surface area contributed by atoms with E-state index >= 15 is 4.79 Å². The summed E-state index contributed by atoms with van der Waals surface area (Å²) in [5.41, 5.74) is 3.04. The molecule has 14 nitrogen and oxygen atoms in total. The number of benzene rings is 4. The van der Waals surface area contributed by atoms with Gasteiger partial charge in [-0.3, -0.25) is 10.2 Å². The summed E-state index contributed by atoms with van der Waals surface area (Å²) in [5.74, 6) is -0.817. The number of aliphatic hydroxyl groups excluding tert-OH is 2. The molecule has 2 amide bonds. The summed E-state index contributed by atoms with van der Waals surface area (Å²) in [5, 5.41) is 30.2. The van der Waals surface area contributed by atoms with Crippen molar-refractivity contribution in [1.82, 2.24) is 4.90 Å². The second-order valence-electron chi connectivity index (χ2n) is 22.1. The Morgan fingerprint density at radius 1 is 0.833 bits per heavy atom. The molecule has 424 valence electrons. The van der Waals surface area contributed by atoms with Crippen molar-refractivity contribution in [1.29, 1.82) is 0 Å². The molecule has 0 saturated heterocycles. The number of hydrogen-bond acceptors (Lipinski definition) is 12. The number of ether oxygens (including phenoxy) is 6. The van der Waals surface area contributed by atoms with E-state index in [1.807, 2.05) is 51.1 Å². The minimum Gasteiger partial charge on any atom is -0.497 e. The summed E-state index contributed by atoms with van der Waals surface area (Å²) in [7, 11) is 3.07. The van der Waals surface area contributed by atoms with E-state index in [-0.39, 0.29) is 62.9 Å². The van der Waals surface area contributed by atoms with Gasteiger partial charge in [0, 0.05) is 37.2 Å². The Morgan fingerprint density at radius 2 is 1.54 bits per heavy atom. The van der Waals surface area contributed by atoms with E-state index < -0.39 is 35.5 Å². The SMILES string of the molecule is C=CCOC12Oc3ccc(OC(=O)Nc4ccc(OC)cc4OC)cc3C3C(CCCCO)C(CCCCO)C=C(C(=NOC(C)(C)C)CC1N(Cc1cccc4ccccc14)C(=O)OCCCCCCCCCCCC)C32. The molecule has 1 saturated carbocycles. The maximum Gasteiger partial charge on any atom is 0.417 e. The third kappa shape index (κ3) is 15.2. The molecule has 78 heavy (non-hydrogen) atoms. The normalized spacial score (nSPS) is 20.9. The van der Waals surface area contributed by atoms with Gasteiger partial charge in [-0.2, -0.15) is 0 Å². The largest absolute Gasteiger partial charge is 0.497 e. The van der Waals surface area contributed by atoms with Crippen LogP contribution in [0.3, 0.4) is 0 Å². The molecule has 1 aliphatic heterocycles. The average molecular weight is 1070 g/mol. The van der Waals surface area contributed by atoms with Crippen molar-refractivity contribution >= 4 is 34.4 Å². The van der Waals surface area contributed by atoms with Gasteiger partial charge in [-0.05, 0) is 117 Å². The zero-order valence-electron chi connectivity index (χ0n) is 47.3. The minimum absolute atomic E-state index is 0.0147. The van der Waals surface area contributed by atoms with Crippen LogP contribution in [-0.4, -0.2) is 91.1 Å². The Kier molecular flexibility index (Phi) is 22.3. The molecule has 1 heterocycles. The molecule has 2 aliphatic carbocycles. The minimum atomic E-state index is -1.55. The van der Waals surface area contributed by atoms with Gasteiger partial charge in [0.05, 0.1) is 51.3 Å². The van der Waals surface area contributed by atoms with Crippen LogP contribution < -0.4 is 24.3 Å². The van der Waals surface area contributed by atoms with Crippen LogP contribution in [0, 0.1) is 17.8 Å². The zero-order valence-corrected chi connectivity index (χ0v) is 47.3. The molecule has 0 aromatic heterocycles. The number of rotatable bonds is 30. The van der Waals surface area contributed by atoms with Gasteiger partial charge in [0.1, 0.15) is 34.6 Å². The second-order valence-corrected chi connectivity index (χ2v) is 22.1. The number of amides is 2. The number of oxime groups is 1. The van der Waals surface area contributed by atoms with Crippen molar-refractivity contribution in [3.63, 3.8) is 0 Å². The molecule has 0 radical (unpaired) electrons. The molecule has 4 aromatic carbocycles. The summed E-state index contributed by atoms with van der Waals surface area (Å²) in [6.07, 6.45) is 18.8. The second kappa shape index (κ2) is 29.2. The lowest BCUT2D eigenvalue weighted by Gasteiger charge is -2.60. The van der Waals surface area contributed by atoms with Gasteiger partial charge < -0.3 is 43.5 Å². The Morgan fingerprint density at radius 3 is 2.24 bits per heavy atom. The van der Waals surface area contributed by atoms with Crippen LogP contribution in [-0.2, 0) is 20.9 Å². The molecule has 1 fully saturated rings. The van der Waals surface area contributed by atoms with Gasteiger partial charge in [0.15, 0.2) is 0 Å². The smallest absolute Gasteiger partial charge is 0.417 e. The van der Waals surface area contributed by atoms with Crippen molar-refractivity contribution in [2.45, 2.75) is 167 Å². The predicted molar refractivity (Wildman–Crippen MR) is 308 cm³/mol. The van der Waals surface area contributed by atoms with E-state index in [0.29, 0.717) is 41.5 Å². The molecule has 3 aliphatic rings. The van der Waals surface area contributed by atoms with Crippen LogP contribution in [0.1, 0.15) is 154 Å². The van der Waals surface area contributed by atoms with Crippen molar-refractivity contribution in [3.05, 3.63) is 114 Å². The van der Waals surface area contributed by atoms with Gasteiger partial charge in [0.25, 0.3) is 0 Å². The molecule has 6 atom stereocenters. The Balaban J connectivity index is 1.36. The maximum absolute atomic E-state index is 15.4. The summed E-state index contributed by atoms with van der Waals surface area (Å²) >= 11 is 0. The number of aliphatic hydroxyl groups is 2. The van der Waals surface area contributed by atoms with Crippen LogP contribution in [0.2, 0.25) is 0 Å². The standard InChI is InChI=1S/C64H87N3O11/c1-8-10-11-12-13-14-15-16-17-24-39-74-62(71)67(44-47-29-25-28-45-26-18-19-30-50(45)47)58-43-55(66-78-63(3,4)5)52-40-46(27-20-22-36-68)51(31-21-23-37-69)59-53-41-49(33-35-56(53)77-64(58,60(52)59)75-38-9-2)76-61(70)65-54-34-32-48(72-6)42-57(54)73-7/h9,18-19,25-26,28-30,32-35,40-42,46,51,58-60,68-69H,2,8,10-17,20-24,27,31,36-39,43-44H2,1,3-7H3,(H,65,70). The summed E-state index contributed by atoms with van der Waals surface area (Å²) in [6.45, 7) is 12.9. The summed E-state index contributed by atoms with van der Waals surface area (Å²) in [4.78, 5) is 37.4. The molecule has 0 spiro atoms. The Labute approximate surface area is 463 Å². The fourth-order valence-electron chi connectivity index (χ4n) is 11.8. The molecule has 4 aromatic rings. The van der Waals surface area contributed by atoms with E-state index in [0.717, 1.165) is 78.8 Å². The quantitative estimate of drug-likeness (QED) is 0.0258. The third-order valence-electron chi connectivity index (χ3n) is 15.5. The van der Waals surface area contributed by atoms with E-state index in [9.17, 15) is 15.0 Å². The maximum atomic E-state index is 15.4. The number of anilines is 1. The van der Waals surface area contributed by atoms with Crippen LogP contribution in [0.15, 0.2) is 108 Å². The number of hydrogen-bond donors (Lipinski definition) is 3. The first-order chi connectivity index (χ1) is 37.9. The molecular formula is C64H87N3O11. The van der Waals surface area contributed by atoms with Crippen molar-refractivity contribution < 1.29 is 53.1 Å². The predicted octanol–water partition coefficient (Wildman–Crippen LogP) is 14.5. The van der Waals surface area contributed by atoms with Gasteiger partial charge in [-0.25, -0.2) is 9.59 Å². The number of carbonyl (C=O) groups excluding carboxylic acids is 2. The molecule has 6 unspecified atom stereocenters. The van der Waals surface area contributed by atoms with Gasteiger partial charge in [0.2, 0.25) is 5.79 Å². The van der Waals surface area contributed by atoms with Gasteiger partial charge in [-0.1, -0.05) is 137 Å². The first-order valence-electron chi connectivity index (χ1n) is 28.8. The van der Waals surface area contributed by atoms with Crippen LogP contribution >= 0.6 is 0 Å². The molecule has 14 heteroatoms. The number of nitrogens with one attached hydrogen (secondary N) is 1. The van der Waals surface area contributed by atoms with Gasteiger partial charge in [-0.15, -0.1) is 6.58 Å². The summed E-state index contributed by atoms with van der Waals surface area (Å²) < 4.78 is 38.2. The average Bonchev–Trinajstić information content (AvgIpc) is 3.56. The first kappa shape index (κ1) is 59.6. The zero-order chi connectivity index (χ0) is 55.5. The Bertz CT molecular complexity index is 2640. The molecule has 3 N–H and O–H groups in total. The number of methoxy groups -OCH3 is 2. The number of fused-ring (bicyclic) bond motifs is 3. The fourth-order valence-corrected chi connectivity index (χ4v) is 11.8. The van der Waals surface area contributed by atoms with Crippen LogP contribution in [0.4, 0.5) is 15.3 Å². The van der Waals surface area contributed by atoms with Crippen molar-refractivity contribution in [3.8, 4) is 23.0 Å². The molecule has 7 rings (SSSR count). The Hall–Kier alpha value is -6.09. The number of nitrogens with zero attached hydrogens (tertiary/aromatic N) is 2. The monoisotopic (exact) mass is 1070 g/mol. The lowest BCUT2D eigenvalue weighted by atomic mass is 9.55. The van der Waals surface area contributed by atoms with E-state index in [1.54, 1.807) is 42.4 Å². The summed E-state index contributed by atoms with van der Waals surface area (Å²) in [6, 6.07) is 24.0. The number of carbonyl (C=O) groups is 2. The molecule has 0 bridgehead atoms. The highest BCUT2D eigenvalue weighted by molar-refractivity contribution is 6.03. The van der Waals surface area contributed by atoms with Crippen molar-refractivity contribution in [2.75, 3.05) is 46.0 Å². The van der Waals surface area contributed by atoms with E-state index in [2.05, 4.69) is 49.2 Å². The molecular weight excluding hydrogens is 987 g/mol. The third-order valence-corrected chi connectivity index (χ3v) is 15.5. The fraction of sp³-hybridized carbons (Fsp3) is 0.547. The lowest BCUT2D eigenvalue weighted by Crippen LogP contribution is -2.70. The highest BCUT2D eigenvalue weighted by Crippen LogP contribution is 2.62. The van der Waals surface area contributed by atoms with Crippen molar-refractivity contribution in [2.24, 2.45) is 22.9 Å². The van der Waals surface area contributed by atoms with E-state index in [4.69, 9.17) is 38.4 Å². The van der Waals surface area contributed by atoms with Gasteiger partial charge >= 0.3 is 12.2 Å². The van der Waals surface area contributed by atoms with Crippen LogP contribution in [0.5, 0.6) is 23.0 Å².